The van der Waals surface area contributed by atoms with Gasteiger partial charge in [-0.15, -0.1) is 0 Å². The van der Waals surface area contributed by atoms with Crippen LogP contribution in [0.3, 0.4) is 0 Å². The van der Waals surface area contributed by atoms with Crippen molar-refractivity contribution in [1.82, 2.24) is 29.4 Å². The molecular formula is C20H23N7O3. The number of nitrogen functional groups attached to an aromatic ring is 1. The molecule has 3 rings (SSSR count). The van der Waals surface area contributed by atoms with Crippen LogP contribution in [0.15, 0.2) is 61.7 Å². The lowest BCUT2D eigenvalue weighted by Crippen LogP contribution is -2.30. The Labute approximate surface area is 173 Å². The van der Waals surface area contributed by atoms with Crippen LogP contribution >= 0.6 is 0 Å². The van der Waals surface area contributed by atoms with Gasteiger partial charge < -0.3 is 20.3 Å². The number of pyridine rings is 1. The zero-order valence-corrected chi connectivity index (χ0v) is 16.3. The van der Waals surface area contributed by atoms with Crippen LogP contribution in [0.4, 0.5) is 5.95 Å². The van der Waals surface area contributed by atoms with Crippen molar-refractivity contribution in [2.75, 3.05) is 12.3 Å². The Morgan fingerprint density at radius 2 is 1.97 bits per heavy atom. The number of rotatable bonds is 8. The molecule has 0 spiro atoms. The molecule has 30 heavy (non-hydrogen) atoms. The van der Waals surface area contributed by atoms with Crippen molar-refractivity contribution in [3.8, 4) is 0 Å². The van der Waals surface area contributed by atoms with Crippen LogP contribution < -0.4 is 5.73 Å². The Morgan fingerprint density at radius 3 is 2.60 bits per heavy atom. The summed E-state index contributed by atoms with van der Waals surface area (Å²) in [6.45, 7) is 1.67. The molecule has 3 aromatic rings. The second-order valence-electron chi connectivity index (χ2n) is 6.09. The van der Waals surface area contributed by atoms with E-state index >= 15 is 0 Å². The molecule has 0 radical (unpaired) electrons. The summed E-state index contributed by atoms with van der Waals surface area (Å²) in [7, 11) is 0. The molecule has 10 nitrogen and oxygen atoms in total. The van der Waals surface area contributed by atoms with E-state index in [1.807, 2.05) is 22.9 Å². The van der Waals surface area contributed by atoms with Crippen molar-refractivity contribution in [3.63, 3.8) is 0 Å². The number of carboxylic acid groups (broad SMARTS) is 1. The van der Waals surface area contributed by atoms with Crippen LogP contribution in [0.25, 0.3) is 6.08 Å². The van der Waals surface area contributed by atoms with Gasteiger partial charge in [0.05, 0.1) is 6.33 Å². The van der Waals surface area contributed by atoms with Crippen molar-refractivity contribution in [1.29, 1.82) is 0 Å². The van der Waals surface area contributed by atoms with E-state index < -0.39 is 0 Å². The predicted molar refractivity (Wildman–Crippen MR) is 111 cm³/mol. The summed E-state index contributed by atoms with van der Waals surface area (Å²) in [4.78, 5) is 38.9. The lowest BCUT2D eigenvalue weighted by Gasteiger charge is -2.21. The summed E-state index contributed by atoms with van der Waals surface area (Å²) in [5.74, 6) is 0.123. The molecule has 0 atom stereocenters. The number of aryl methyl sites for hydroxylation is 1. The molecule has 156 valence electrons. The van der Waals surface area contributed by atoms with Crippen molar-refractivity contribution < 1.29 is 14.7 Å². The molecule has 0 aliphatic rings. The fourth-order valence-electron chi connectivity index (χ4n) is 2.55. The molecular weight excluding hydrogens is 386 g/mol. The van der Waals surface area contributed by atoms with E-state index in [0.29, 0.717) is 13.1 Å². The molecule has 0 bridgehead atoms. The molecule has 0 unspecified atom stereocenters. The van der Waals surface area contributed by atoms with E-state index in [-0.39, 0.29) is 18.3 Å². The quantitative estimate of drug-likeness (QED) is 0.421. The Balaban J connectivity index is 0.00000101. The van der Waals surface area contributed by atoms with E-state index in [9.17, 15) is 4.79 Å². The van der Waals surface area contributed by atoms with Crippen LogP contribution in [-0.2, 0) is 22.7 Å². The highest BCUT2D eigenvalue weighted by Gasteiger charge is 2.11. The van der Waals surface area contributed by atoms with Gasteiger partial charge in [0.2, 0.25) is 11.9 Å². The molecule has 0 saturated carbocycles. The summed E-state index contributed by atoms with van der Waals surface area (Å²) in [5.41, 5.74) is 7.18. The summed E-state index contributed by atoms with van der Waals surface area (Å²) in [6.07, 6.45) is 16.1. The molecule has 0 aliphatic heterocycles. The van der Waals surface area contributed by atoms with Crippen molar-refractivity contribution >= 4 is 24.4 Å². The van der Waals surface area contributed by atoms with Crippen molar-refractivity contribution in [3.05, 3.63) is 72.8 Å². The molecule has 10 heteroatoms. The lowest BCUT2D eigenvalue weighted by atomic mass is 10.2. The third-order valence-corrected chi connectivity index (χ3v) is 3.92. The van der Waals surface area contributed by atoms with E-state index in [0.717, 1.165) is 24.1 Å². The minimum atomic E-state index is -0.250. The predicted octanol–water partition coefficient (Wildman–Crippen LogP) is 1.48. The van der Waals surface area contributed by atoms with Crippen molar-refractivity contribution in [2.24, 2.45) is 0 Å². The van der Waals surface area contributed by atoms with Crippen LogP contribution in [-0.4, -0.2) is 53.4 Å². The fourth-order valence-corrected chi connectivity index (χ4v) is 2.55. The van der Waals surface area contributed by atoms with Crippen LogP contribution in [0.5, 0.6) is 0 Å². The Bertz CT molecular complexity index is 913. The monoisotopic (exact) mass is 409 g/mol. The van der Waals surface area contributed by atoms with Gasteiger partial charge >= 0.3 is 0 Å². The Morgan fingerprint density at radius 1 is 1.20 bits per heavy atom. The summed E-state index contributed by atoms with van der Waals surface area (Å²) >= 11 is 0. The first-order valence-corrected chi connectivity index (χ1v) is 9.09. The molecule has 3 heterocycles. The smallest absolute Gasteiger partial charge is 0.290 e. The lowest BCUT2D eigenvalue weighted by molar-refractivity contribution is -0.126. The number of amides is 1. The SMILES string of the molecule is Nc1ncc(C=CC(=O)N(CCCn2ccnc2)Cc2cccnc2)cn1.O=CO. The van der Waals surface area contributed by atoms with E-state index in [1.54, 1.807) is 48.3 Å². The normalized spacial score (nSPS) is 10.3. The maximum atomic E-state index is 12.7. The largest absolute Gasteiger partial charge is 0.483 e. The second-order valence-corrected chi connectivity index (χ2v) is 6.09. The minimum Gasteiger partial charge on any atom is -0.483 e. The Kier molecular flexibility index (Phi) is 9.18. The molecule has 0 fully saturated rings. The van der Waals surface area contributed by atoms with Gasteiger partial charge in [-0.2, -0.15) is 0 Å². The number of hydrogen-bond acceptors (Lipinski definition) is 7. The van der Waals surface area contributed by atoms with Gasteiger partial charge in [-0.3, -0.25) is 14.6 Å². The number of anilines is 1. The molecule has 3 aromatic heterocycles. The second kappa shape index (κ2) is 12.4. The molecule has 0 aliphatic carbocycles. The number of aromatic nitrogens is 5. The van der Waals surface area contributed by atoms with E-state index in [2.05, 4.69) is 19.9 Å². The topological polar surface area (TPSA) is 140 Å². The third kappa shape index (κ3) is 7.89. The minimum absolute atomic E-state index is 0.0821. The van der Waals surface area contributed by atoms with Crippen LogP contribution in [0, 0.1) is 0 Å². The number of carbonyl (C=O) groups is 2. The number of imidazole rings is 1. The van der Waals surface area contributed by atoms with Gasteiger partial charge in [-0.1, -0.05) is 6.07 Å². The number of nitrogens with two attached hydrogens (primary N) is 1. The van der Waals surface area contributed by atoms with Gasteiger partial charge in [0.25, 0.3) is 6.47 Å². The average molecular weight is 409 g/mol. The maximum Gasteiger partial charge on any atom is 0.290 e. The van der Waals surface area contributed by atoms with Gasteiger partial charge in [0, 0.05) is 68.5 Å². The average Bonchev–Trinajstić information content (AvgIpc) is 3.27. The zero-order chi connectivity index (χ0) is 21.6. The molecule has 3 N–H and O–H groups in total. The van der Waals surface area contributed by atoms with Crippen molar-refractivity contribution in [2.45, 2.75) is 19.5 Å². The fraction of sp³-hybridized carbons (Fsp3) is 0.200. The summed E-state index contributed by atoms with van der Waals surface area (Å²) in [5, 5.41) is 6.89. The van der Waals surface area contributed by atoms with Crippen LogP contribution in [0.1, 0.15) is 17.5 Å². The Hall–Kier alpha value is -4.08. The first-order valence-electron chi connectivity index (χ1n) is 9.09. The molecule has 0 aromatic carbocycles. The van der Waals surface area contributed by atoms with E-state index in [4.69, 9.17) is 15.6 Å². The third-order valence-electron chi connectivity index (χ3n) is 3.92. The number of nitrogens with zero attached hydrogens (tertiary/aromatic N) is 6. The highest BCUT2D eigenvalue weighted by Crippen LogP contribution is 2.07. The van der Waals surface area contributed by atoms with Crippen LogP contribution in [0.2, 0.25) is 0 Å². The van der Waals surface area contributed by atoms with Gasteiger partial charge in [-0.05, 0) is 24.1 Å². The number of carbonyl (C=O) groups excluding carboxylic acids is 1. The van der Waals surface area contributed by atoms with Gasteiger partial charge in [0.1, 0.15) is 0 Å². The zero-order valence-electron chi connectivity index (χ0n) is 16.3. The van der Waals surface area contributed by atoms with E-state index in [1.165, 1.54) is 6.08 Å². The highest BCUT2D eigenvalue weighted by atomic mass is 16.3. The summed E-state index contributed by atoms with van der Waals surface area (Å²) in [6, 6.07) is 3.83. The van der Waals surface area contributed by atoms with Gasteiger partial charge in [0.15, 0.2) is 0 Å². The summed E-state index contributed by atoms with van der Waals surface area (Å²) < 4.78 is 1.99. The first-order chi connectivity index (χ1) is 14.6. The number of hydrogen-bond donors (Lipinski definition) is 2. The maximum absolute atomic E-state index is 12.7. The highest BCUT2D eigenvalue weighted by molar-refractivity contribution is 5.91. The first kappa shape index (κ1) is 22.2. The standard InChI is InChI=1S/C19H21N7O.CH2O2/c20-19-23-12-16(13-24-19)4-5-18(27)26(14-17-3-1-6-21-11-17)9-2-8-25-10-7-22-15-25;2-1-3/h1,3-7,10-13,15H,2,8-9,14H2,(H2,20,23,24);1H,(H,2,3). The molecule has 0 saturated heterocycles. The van der Waals surface area contributed by atoms with Gasteiger partial charge in [-0.25, -0.2) is 15.0 Å². The molecule has 1 amide bonds.